The van der Waals surface area contributed by atoms with Gasteiger partial charge in [-0.1, -0.05) is 17.7 Å². The second-order valence-electron chi connectivity index (χ2n) is 7.43. The first-order valence-corrected chi connectivity index (χ1v) is 7.68. The largest absolute Gasteiger partial charge is 0.495 e. The number of rotatable bonds is 2. The molecule has 0 radical (unpaired) electrons. The summed E-state index contributed by atoms with van der Waals surface area (Å²) in [5.74, 6) is 0.760. The van der Waals surface area contributed by atoms with Gasteiger partial charge in [0.2, 0.25) is 0 Å². The van der Waals surface area contributed by atoms with Crippen molar-refractivity contribution in [1.82, 2.24) is 0 Å². The van der Waals surface area contributed by atoms with Gasteiger partial charge in [0.05, 0.1) is 11.2 Å². The quantitative estimate of drug-likeness (QED) is 0.767. The summed E-state index contributed by atoms with van der Waals surface area (Å²) in [5, 5.41) is 0. The molecule has 20 heavy (non-hydrogen) atoms. The van der Waals surface area contributed by atoms with Crippen LogP contribution >= 0.6 is 0 Å². The molecule has 1 heterocycles. The van der Waals surface area contributed by atoms with Crippen LogP contribution in [0.1, 0.15) is 63.1 Å². The lowest BCUT2D eigenvalue weighted by atomic mass is 9.73. The highest BCUT2D eigenvalue weighted by atomic mass is 16.7. The van der Waals surface area contributed by atoms with Crippen molar-refractivity contribution >= 4 is 12.6 Å². The second-order valence-corrected chi connectivity index (χ2v) is 7.43. The van der Waals surface area contributed by atoms with Gasteiger partial charge in [0.1, 0.15) is 0 Å². The molecule has 3 heteroatoms. The van der Waals surface area contributed by atoms with Gasteiger partial charge < -0.3 is 9.31 Å². The highest BCUT2D eigenvalue weighted by molar-refractivity contribution is 6.62. The van der Waals surface area contributed by atoms with E-state index in [1.807, 2.05) is 0 Å². The predicted octanol–water partition coefficient (Wildman–Crippen LogP) is 3.48. The zero-order chi connectivity index (χ0) is 14.7. The van der Waals surface area contributed by atoms with E-state index in [0.29, 0.717) is 0 Å². The SMILES string of the molecule is Cc1cc(B2OC(C)(C)C(C)(C)O2)c(C)c(C2CC2)c1. The Labute approximate surface area is 123 Å². The van der Waals surface area contributed by atoms with Crippen LogP contribution in [0.5, 0.6) is 0 Å². The van der Waals surface area contributed by atoms with Crippen LogP contribution in [0.3, 0.4) is 0 Å². The number of hydrogen-bond acceptors (Lipinski definition) is 2. The Morgan fingerprint density at radius 2 is 1.55 bits per heavy atom. The van der Waals surface area contributed by atoms with E-state index < -0.39 is 0 Å². The van der Waals surface area contributed by atoms with E-state index in [0.717, 1.165) is 5.92 Å². The van der Waals surface area contributed by atoms with Gasteiger partial charge in [-0.05, 0) is 76.9 Å². The Hall–Kier alpha value is -0.795. The van der Waals surface area contributed by atoms with Gasteiger partial charge >= 0.3 is 7.12 Å². The van der Waals surface area contributed by atoms with Crippen molar-refractivity contribution in [3.8, 4) is 0 Å². The fraction of sp³-hybridized carbons (Fsp3) is 0.647. The maximum Gasteiger partial charge on any atom is 0.495 e. The summed E-state index contributed by atoms with van der Waals surface area (Å²) < 4.78 is 12.4. The highest BCUT2D eigenvalue weighted by Crippen LogP contribution is 2.42. The van der Waals surface area contributed by atoms with Crippen molar-refractivity contribution in [2.24, 2.45) is 0 Å². The fourth-order valence-electron chi connectivity index (χ4n) is 2.95. The van der Waals surface area contributed by atoms with E-state index in [1.165, 1.54) is 35.0 Å². The molecule has 1 aliphatic heterocycles. The lowest BCUT2D eigenvalue weighted by molar-refractivity contribution is 0.00578. The van der Waals surface area contributed by atoms with E-state index in [1.54, 1.807) is 0 Å². The van der Waals surface area contributed by atoms with Crippen molar-refractivity contribution in [3.05, 3.63) is 28.8 Å². The predicted molar refractivity (Wildman–Crippen MR) is 83.6 cm³/mol. The van der Waals surface area contributed by atoms with Gasteiger partial charge in [0.25, 0.3) is 0 Å². The smallest absolute Gasteiger partial charge is 0.399 e. The summed E-state index contributed by atoms with van der Waals surface area (Å²) in [6.07, 6.45) is 2.65. The van der Waals surface area contributed by atoms with Crippen LogP contribution in [0.4, 0.5) is 0 Å². The van der Waals surface area contributed by atoms with Crippen LogP contribution in [0.25, 0.3) is 0 Å². The lowest BCUT2D eigenvalue weighted by Crippen LogP contribution is -2.41. The van der Waals surface area contributed by atoms with Crippen LogP contribution < -0.4 is 5.46 Å². The second kappa shape index (κ2) is 4.35. The molecule has 3 rings (SSSR count). The molecule has 2 nitrogen and oxygen atoms in total. The molecule has 0 atom stereocenters. The van der Waals surface area contributed by atoms with E-state index in [9.17, 15) is 0 Å². The van der Waals surface area contributed by atoms with Crippen molar-refractivity contribution < 1.29 is 9.31 Å². The first-order chi connectivity index (χ1) is 9.21. The molecule has 0 unspecified atom stereocenters. The molecule has 1 aromatic rings. The summed E-state index contributed by atoms with van der Waals surface area (Å²) in [6, 6.07) is 4.56. The standard InChI is InChI=1S/C17H25BO2/c1-11-9-14(13-7-8-13)12(2)15(10-11)18-19-16(3,4)17(5,6)20-18/h9-10,13H,7-8H2,1-6H3. The maximum atomic E-state index is 6.22. The van der Waals surface area contributed by atoms with Crippen LogP contribution in [0.15, 0.2) is 12.1 Å². The van der Waals surface area contributed by atoms with Gasteiger partial charge in [-0.3, -0.25) is 0 Å². The molecule has 2 aliphatic rings. The Morgan fingerprint density at radius 1 is 1.00 bits per heavy atom. The van der Waals surface area contributed by atoms with Crippen molar-refractivity contribution in [2.45, 2.75) is 71.5 Å². The number of aryl methyl sites for hydroxylation is 1. The maximum absolute atomic E-state index is 6.22. The monoisotopic (exact) mass is 272 g/mol. The third-order valence-corrected chi connectivity index (χ3v) is 5.16. The van der Waals surface area contributed by atoms with Crippen molar-refractivity contribution in [1.29, 1.82) is 0 Å². The average Bonchev–Trinajstić information content (AvgIpc) is 3.10. The lowest BCUT2D eigenvalue weighted by Gasteiger charge is -2.32. The molecule has 108 valence electrons. The molecule has 1 aliphatic carbocycles. The Morgan fingerprint density at radius 3 is 2.05 bits per heavy atom. The van der Waals surface area contributed by atoms with Crippen LogP contribution in [0.2, 0.25) is 0 Å². The number of hydrogen-bond donors (Lipinski definition) is 0. The van der Waals surface area contributed by atoms with Gasteiger partial charge in [0.15, 0.2) is 0 Å². The summed E-state index contributed by atoms with van der Waals surface area (Å²) >= 11 is 0. The first kappa shape index (κ1) is 14.2. The third kappa shape index (κ3) is 2.21. The minimum Gasteiger partial charge on any atom is -0.399 e. The van der Waals surface area contributed by atoms with E-state index in [4.69, 9.17) is 9.31 Å². The molecule has 0 aromatic heterocycles. The zero-order valence-electron chi connectivity index (χ0n) is 13.5. The molecule has 1 saturated carbocycles. The average molecular weight is 272 g/mol. The summed E-state index contributed by atoms with van der Waals surface area (Å²) in [7, 11) is -0.239. The summed E-state index contributed by atoms with van der Waals surface area (Å²) in [5.41, 5.74) is 4.83. The molecule has 0 amide bonds. The summed E-state index contributed by atoms with van der Waals surface area (Å²) in [4.78, 5) is 0. The molecular weight excluding hydrogens is 247 g/mol. The molecular formula is C17H25BO2. The van der Waals surface area contributed by atoms with Crippen molar-refractivity contribution in [3.63, 3.8) is 0 Å². The minimum atomic E-state index is -0.270. The summed E-state index contributed by atoms with van der Waals surface area (Å²) in [6.45, 7) is 12.8. The van der Waals surface area contributed by atoms with E-state index in [2.05, 4.69) is 53.7 Å². The molecule has 1 aromatic carbocycles. The van der Waals surface area contributed by atoms with Gasteiger partial charge in [-0.2, -0.15) is 0 Å². The van der Waals surface area contributed by atoms with Crippen molar-refractivity contribution in [2.75, 3.05) is 0 Å². The van der Waals surface area contributed by atoms with Crippen LogP contribution in [0, 0.1) is 13.8 Å². The Kier molecular flexibility index (Phi) is 3.08. The normalized spacial score (nSPS) is 24.2. The third-order valence-electron chi connectivity index (χ3n) is 5.16. The molecule has 0 spiro atoms. The Bertz CT molecular complexity index is 528. The van der Waals surface area contributed by atoms with E-state index >= 15 is 0 Å². The molecule has 1 saturated heterocycles. The van der Waals surface area contributed by atoms with E-state index in [-0.39, 0.29) is 18.3 Å². The van der Waals surface area contributed by atoms with Gasteiger partial charge in [-0.15, -0.1) is 0 Å². The number of benzene rings is 1. The highest BCUT2D eigenvalue weighted by Gasteiger charge is 2.52. The topological polar surface area (TPSA) is 18.5 Å². The Balaban J connectivity index is 1.99. The van der Waals surface area contributed by atoms with Gasteiger partial charge in [0, 0.05) is 0 Å². The minimum absolute atomic E-state index is 0.239. The van der Waals surface area contributed by atoms with Crippen LogP contribution in [-0.4, -0.2) is 18.3 Å². The fourth-order valence-corrected chi connectivity index (χ4v) is 2.95. The molecule has 0 bridgehead atoms. The van der Waals surface area contributed by atoms with Gasteiger partial charge in [-0.25, -0.2) is 0 Å². The molecule has 2 fully saturated rings. The first-order valence-electron chi connectivity index (χ1n) is 7.68. The molecule has 0 N–H and O–H groups in total. The van der Waals surface area contributed by atoms with Crippen LogP contribution in [-0.2, 0) is 9.31 Å². The zero-order valence-corrected chi connectivity index (χ0v) is 13.5.